The number of carbonyl (C=O) groups excluding carboxylic acids is 1. The second-order valence-electron chi connectivity index (χ2n) is 8.40. The van der Waals surface area contributed by atoms with Crippen molar-refractivity contribution >= 4 is 29.2 Å². The van der Waals surface area contributed by atoms with Gasteiger partial charge in [0.15, 0.2) is 6.10 Å². The zero-order valence-corrected chi connectivity index (χ0v) is 19.8. The molecule has 0 aliphatic carbocycles. The van der Waals surface area contributed by atoms with Gasteiger partial charge in [-0.3, -0.25) is 9.59 Å². The number of ether oxygens (including phenoxy) is 2. The van der Waals surface area contributed by atoms with Crippen molar-refractivity contribution in [3.63, 3.8) is 0 Å². The highest BCUT2D eigenvalue weighted by molar-refractivity contribution is 6.30. The molecule has 7 heteroatoms. The van der Waals surface area contributed by atoms with E-state index < -0.39 is 12.1 Å². The van der Waals surface area contributed by atoms with Gasteiger partial charge in [0.05, 0.1) is 25.3 Å². The Morgan fingerprint density at radius 1 is 1.12 bits per heavy atom. The van der Waals surface area contributed by atoms with Crippen LogP contribution in [-0.2, 0) is 22.6 Å². The quantitative estimate of drug-likeness (QED) is 0.471. The van der Waals surface area contributed by atoms with Gasteiger partial charge < -0.3 is 19.5 Å². The Hall–Kier alpha value is -3.51. The van der Waals surface area contributed by atoms with E-state index >= 15 is 0 Å². The number of hydrogen-bond donors (Lipinski definition) is 1. The summed E-state index contributed by atoms with van der Waals surface area (Å²) < 4.78 is 12.0. The Labute approximate surface area is 203 Å². The predicted molar refractivity (Wildman–Crippen MR) is 131 cm³/mol. The molecule has 1 unspecified atom stereocenters. The van der Waals surface area contributed by atoms with Gasteiger partial charge >= 0.3 is 5.97 Å². The van der Waals surface area contributed by atoms with Crippen molar-refractivity contribution in [2.45, 2.75) is 39.3 Å². The van der Waals surface area contributed by atoms with Gasteiger partial charge in [-0.05, 0) is 54.8 Å². The predicted octanol–water partition coefficient (Wildman–Crippen LogP) is 5.35. The van der Waals surface area contributed by atoms with Crippen LogP contribution in [-0.4, -0.2) is 29.7 Å². The fourth-order valence-corrected chi connectivity index (χ4v) is 4.24. The summed E-state index contributed by atoms with van der Waals surface area (Å²) in [4.78, 5) is 26.4. The summed E-state index contributed by atoms with van der Waals surface area (Å²) in [6.07, 6.45) is -0.521. The first-order valence-corrected chi connectivity index (χ1v) is 11.5. The summed E-state index contributed by atoms with van der Waals surface area (Å²) in [6.45, 7) is 4.57. The Bertz CT molecular complexity index is 1210. The summed E-state index contributed by atoms with van der Waals surface area (Å²) in [5.41, 5.74) is 4.31. The summed E-state index contributed by atoms with van der Waals surface area (Å²) in [7, 11) is 0. The highest BCUT2D eigenvalue weighted by Crippen LogP contribution is 2.39. The Morgan fingerprint density at radius 2 is 1.85 bits per heavy atom. The molecule has 0 spiro atoms. The van der Waals surface area contributed by atoms with E-state index in [0.29, 0.717) is 35.1 Å². The van der Waals surface area contributed by atoms with Crippen LogP contribution >= 0.6 is 11.6 Å². The average molecular weight is 480 g/mol. The van der Waals surface area contributed by atoms with Crippen LogP contribution in [0.4, 0.5) is 5.69 Å². The van der Waals surface area contributed by atoms with E-state index in [1.54, 1.807) is 29.2 Å². The van der Waals surface area contributed by atoms with Gasteiger partial charge in [-0.1, -0.05) is 48.0 Å². The molecule has 1 aliphatic heterocycles. The summed E-state index contributed by atoms with van der Waals surface area (Å²) >= 11 is 6.03. The van der Waals surface area contributed by atoms with Crippen molar-refractivity contribution in [3.8, 4) is 11.5 Å². The van der Waals surface area contributed by atoms with Gasteiger partial charge in [0.2, 0.25) is 0 Å². The number of nitrogens with zero attached hydrogens (tertiary/aromatic N) is 1. The number of aryl methyl sites for hydroxylation is 2. The van der Waals surface area contributed by atoms with E-state index in [0.717, 1.165) is 22.4 Å². The number of rotatable bonds is 8. The minimum atomic E-state index is -0.929. The number of carboxylic acids is 1. The number of amides is 1. The number of aliphatic carboxylic acids is 1. The summed E-state index contributed by atoms with van der Waals surface area (Å²) in [5.74, 6) is 0.116. The van der Waals surface area contributed by atoms with Crippen molar-refractivity contribution in [1.29, 1.82) is 0 Å². The minimum absolute atomic E-state index is 0.129. The number of carboxylic acid groups (broad SMARTS) is 1. The first kappa shape index (κ1) is 23.6. The number of hydrogen-bond acceptors (Lipinski definition) is 4. The van der Waals surface area contributed by atoms with Crippen LogP contribution in [0.3, 0.4) is 0 Å². The third kappa shape index (κ3) is 5.34. The molecule has 176 valence electrons. The minimum Gasteiger partial charge on any atom is -0.493 e. The van der Waals surface area contributed by atoms with Crippen molar-refractivity contribution in [1.82, 2.24) is 0 Å². The maximum Gasteiger partial charge on any atom is 0.307 e. The lowest BCUT2D eigenvalue weighted by molar-refractivity contribution is -0.136. The molecule has 1 atom stereocenters. The van der Waals surface area contributed by atoms with Gasteiger partial charge in [-0.2, -0.15) is 0 Å². The molecule has 0 saturated carbocycles. The molecule has 1 heterocycles. The van der Waals surface area contributed by atoms with Crippen molar-refractivity contribution < 1.29 is 24.2 Å². The average Bonchev–Trinajstić information content (AvgIpc) is 2.79. The number of carbonyl (C=O) groups is 2. The SMILES string of the molecule is Cc1cc(C)c2c(c1)N(Cc1ccc(Cl)cc1)C(=O)C(CCOc1ccccc1CC(=O)O)O2. The van der Waals surface area contributed by atoms with E-state index in [1.807, 2.05) is 50.2 Å². The van der Waals surface area contributed by atoms with Crippen LogP contribution in [0.15, 0.2) is 60.7 Å². The number of anilines is 1. The lowest BCUT2D eigenvalue weighted by Crippen LogP contribution is -2.46. The van der Waals surface area contributed by atoms with E-state index in [2.05, 4.69) is 0 Å². The molecule has 34 heavy (non-hydrogen) atoms. The first-order chi connectivity index (χ1) is 16.3. The zero-order valence-electron chi connectivity index (χ0n) is 19.1. The molecule has 1 N–H and O–H groups in total. The van der Waals surface area contributed by atoms with Gasteiger partial charge in [-0.15, -0.1) is 0 Å². The van der Waals surface area contributed by atoms with Gasteiger partial charge in [0.1, 0.15) is 11.5 Å². The van der Waals surface area contributed by atoms with E-state index in [-0.39, 0.29) is 18.9 Å². The molecular weight excluding hydrogens is 454 g/mol. The van der Waals surface area contributed by atoms with Crippen LogP contribution in [0.25, 0.3) is 0 Å². The molecule has 0 fully saturated rings. The molecule has 4 rings (SSSR count). The van der Waals surface area contributed by atoms with Crippen LogP contribution in [0, 0.1) is 13.8 Å². The third-order valence-corrected chi connectivity index (χ3v) is 5.95. The maximum atomic E-state index is 13.5. The monoisotopic (exact) mass is 479 g/mol. The lowest BCUT2D eigenvalue weighted by Gasteiger charge is -2.35. The molecule has 3 aromatic rings. The topological polar surface area (TPSA) is 76.1 Å². The molecule has 6 nitrogen and oxygen atoms in total. The molecule has 1 amide bonds. The Morgan fingerprint density at radius 3 is 2.59 bits per heavy atom. The standard InChI is InChI=1S/C27H26ClNO5/c1-17-13-18(2)26-22(14-17)29(16-19-7-9-21(28)10-8-19)27(32)24(34-26)11-12-33-23-6-4-3-5-20(23)15-25(30)31/h3-10,13-14,24H,11-12,15-16H2,1-2H3,(H,30,31). The largest absolute Gasteiger partial charge is 0.493 e. The lowest BCUT2D eigenvalue weighted by atomic mass is 10.0. The molecule has 0 radical (unpaired) electrons. The van der Waals surface area contributed by atoms with E-state index in [9.17, 15) is 9.59 Å². The number of para-hydroxylation sites is 1. The van der Waals surface area contributed by atoms with Crippen molar-refractivity contribution in [2.75, 3.05) is 11.5 Å². The molecular formula is C27H26ClNO5. The number of benzene rings is 3. The highest BCUT2D eigenvalue weighted by Gasteiger charge is 2.35. The number of halogens is 1. The van der Waals surface area contributed by atoms with E-state index in [1.165, 1.54) is 0 Å². The maximum absolute atomic E-state index is 13.5. The fraction of sp³-hybridized carbons (Fsp3) is 0.259. The van der Waals surface area contributed by atoms with Gasteiger partial charge in [0.25, 0.3) is 5.91 Å². The molecule has 0 aromatic heterocycles. The summed E-state index contributed by atoms with van der Waals surface area (Å²) in [5, 5.41) is 9.77. The molecule has 0 saturated heterocycles. The van der Waals surface area contributed by atoms with Crippen LogP contribution < -0.4 is 14.4 Å². The van der Waals surface area contributed by atoms with Crippen molar-refractivity contribution in [2.24, 2.45) is 0 Å². The first-order valence-electron chi connectivity index (χ1n) is 11.1. The van der Waals surface area contributed by atoms with Crippen LogP contribution in [0.1, 0.15) is 28.7 Å². The molecule has 1 aliphatic rings. The molecule has 3 aromatic carbocycles. The normalized spacial score (nSPS) is 15.0. The van der Waals surface area contributed by atoms with Crippen LogP contribution in [0.2, 0.25) is 5.02 Å². The number of fused-ring (bicyclic) bond motifs is 1. The Kier molecular flexibility index (Phi) is 7.08. The van der Waals surface area contributed by atoms with E-state index in [4.69, 9.17) is 26.2 Å². The molecule has 0 bridgehead atoms. The smallest absolute Gasteiger partial charge is 0.307 e. The fourth-order valence-electron chi connectivity index (χ4n) is 4.12. The zero-order chi connectivity index (χ0) is 24.2. The summed E-state index contributed by atoms with van der Waals surface area (Å²) in [6, 6.07) is 18.5. The van der Waals surface area contributed by atoms with Gasteiger partial charge in [0, 0.05) is 17.0 Å². The van der Waals surface area contributed by atoms with Crippen molar-refractivity contribution in [3.05, 3.63) is 87.9 Å². The van der Waals surface area contributed by atoms with Crippen LogP contribution in [0.5, 0.6) is 11.5 Å². The second kappa shape index (κ2) is 10.2. The Balaban J connectivity index is 1.54. The highest BCUT2D eigenvalue weighted by atomic mass is 35.5. The second-order valence-corrected chi connectivity index (χ2v) is 8.84. The third-order valence-electron chi connectivity index (χ3n) is 5.70. The van der Waals surface area contributed by atoms with Gasteiger partial charge in [-0.25, -0.2) is 0 Å².